The van der Waals surface area contributed by atoms with Crippen LogP contribution in [0, 0.1) is 5.92 Å². The molecule has 104 valence electrons. The summed E-state index contributed by atoms with van der Waals surface area (Å²) in [6, 6.07) is 8.98. The van der Waals surface area contributed by atoms with Crippen LogP contribution in [0.25, 0.3) is 0 Å². The van der Waals surface area contributed by atoms with Crippen molar-refractivity contribution in [2.45, 2.75) is 25.8 Å². The summed E-state index contributed by atoms with van der Waals surface area (Å²) in [7, 11) is 0. The highest BCUT2D eigenvalue weighted by molar-refractivity contribution is 5.47. The molecule has 0 amide bonds. The van der Waals surface area contributed by atoms with Gasteiger partial charge in [-0.3, -0.25) is 0 Å². The van der Waals surface area contributed by atoms with E-state index in [1.54, 1.807) is 0 Å². The lowest BCUT2D eigenvalue weighted by Gasteiger charge is -2.29. The molecule has 19 heavy (non-hydrogen) atoms. The van der Waals surface area contributed by atoms with E-state index < -0.39 is 0 Å². The van der Waals surface area contributed by atoms with Crippen molar-refractivity contribution in [1.82, 2.24) is 5.32 Å². The third-order valence-corrected chi connectivity index (χ3v) is 4.30. The van der Waals surface area contributed by atoms with E-state index in [2.05, 4.69) is 34.5 Å². The first-order valence-electron chi connectivity index (χ1n) is 7.54. The van der Waals surface area contributed by atoms with Crippen molar-refractivity contribution in [3.63, 3.8) is 0 Å². The first-order chi connectivity index (χ1) is 9.42. The van der Waals surface area contributed by atoms with Crippen molar-refractivity contribution in [3.8, 4) is 0 Å². The molecule has 3 rings (SSSR count). The van der Waals surface area contributed by atoms with Crippen molar-refractivity contribution in [1.29, 1.82) is 0 Å². The molecule has 1 saturated heterocycles. The summed E-state index contributed by atoms with van der Waals surface area (Å²) in [5.74, 6) is 0.938. The number of morpholine rings is 1. The van der Waals surface area contributed by atoms with Crippen LogP contribution in [0.1, 0.15) is 24.8 Å². The Balaban J connectivity index is 1.47. The summed E-state index contributed by atoms with van der Waals surface area (Å²) in [5.41, 5.74) is 2.71. The molecule has 1 heterocycles. The molecule has 0 atom stereocenters. The first-order valence-corrected chi connectivity index (χ1v) is 7.54. The number of anilines is 1. The Morgan fingerprint density at radius 3 is 2.47 bits per heavy atom. The maximum Gasteiger partial charge on any atom is 0.0642 e. The van der Waals surface area contributed by atoms with E-state index in [1.807, 2.05) is 0 Å². The standard InChI is InChI=1S/C16H24N2O/c1-2-14(3-1)12-17-13-15-4-6-16(7-5-15)18-8-10-19-11-9-18/h4-7,14,17H,1-3,8-13H2. The van der Waals surface area contributed by atoms with Crippen LogP contribution >= 0.6 is 0 Å². The Kier molecular flexibility index (Phi) is 4.36. The van der Waals surface area contributed by atoms with Crippen LogP contribution < -0.4 is 10.2 Å². The van der Waals surface area contributed by atoms with E-state index in [0.29, 0.717) is 0 Å². The van der Waals surface area contributed by atoms with E-state index in [1.165, 1.54) is 37.1 Å². The van der Waals surface area contributed by atoms with Gasteiger partial charge in [0, 0.05) is 25.3 Å². The quantitative estimate of drug-likeness (QED) is 0.880. The zero-order valence-corrected chi connectivity index (χ0v) is 11.6. The topological polar surface area (TPSA) is 24.5 Å². The molecule has 1 aliphatic carbocycles. The van der Waals surface area contributed by atoms with Crippen LogP contribution in [-0.4, -0.2) is 32.8 Å². The van der Waals surface area contributed by atoms with Gasteiger partial charge in [0.2, 0.25) is 0 Å². The summed E-state index contributed by atoms with van der Waals surface area (Å²) in [5, 5.41) is 3.57. The number of ether oxygens (including phenoxy) is 1. The first kappa shape index (κ1) is 12.9. The molecule has 0 radical (unpaired) electrons. The smallest absolute Gasteiger partial charge is 0.0642 e. The molecule has 0 unspecified atom stereocenters. The number of hydrogen-bond donors (Lipinski definition) is 1. The molecule has 3 heteroatoms. The molecule has 2 fully saturated rings. The van der Waals surface area contributed by atoms with Gasteiger partial charge in [-0.25, -0.2) is 0 Å². The molecule has 1 aromatic carbocycles. The molecule has 2 aliphatic rings. The second kappa shape index (κ2) is 6.40. The second-order valence-electron chi connectivity index (χ2n) is 5.69. The van der Waals surface area contributed by atoms with Gasteiger partial charge in [-0.15, -0.1) is 0 Å². The average molecular weight is 260 g/mol. The minimum atomic E-state index is 0.852. The number of nitrogens with zero attached hydrogens (tertiary/aromatic N) is 1. The van der Waals surface area contributed by atoms with E-state index in [4.69, 9.17) is 4.74 Å². The molecule has 1 N–H and O–H groups in total. The van der Waals surface area contributed by atoms with Gasteiger partial charge >= 0.3 is 0 Å². The van der Waals surface area contributed by atoms with Crippen molar-refractivity contribution >= 4 is 5.69 Å². The molecule has 1 aliphatic heterocycles. The van der Waals surface area contributed by atoms with E-state index >= 15 is 0 Å². The highest BCUT2D eigenvalue weighted by Crippen LogP contribution is 2.25. The van der Waals surface area contributed by atoms with E-state index in [-0.39, 0.29) is 0 Å². The summed E-state index contributed by atoms with van der Waals surface area (Å²) < 4.78 is 5.38. The largest absolute Gasteiger partial charge is 0.378 e. The van der Waals surface area contributed by atoms with E-state index in [0.717, 1.165) is 38.8 Å². The fraction of sp³-hybridized carbons (Fsp3) is 0.625. The van der Waals surface area contributed by atoms with Gasteiger partial charge in [0.25, 0.3) is 0 Å². The molecule has 1 saturated carbocycles. The van der Waals surface area contributed by atoms with Gasteiger partial charge < -0.3 is 15.0 Å². The molecule has 0 aromatic heterocycles. The third-order valence-electron chi connectivity index (χ3n) is 4.30. The Bertz CT molecular complexity index is 380. The van der Waals surface area contributed by atoms with Gasteiger partial charge in [-0.1, -0.05) is 18.6 Å². The van der Waals surface area contributed by atoms with Crippen molar-refractivity contribution in [3.05, 3.63) is 29.8 Å². The molecule has 3 nitrogen and oxygen atoms in total. The predicted molar refractivity (Wildman–Crippen MR) is 78.5 cm³/mol. The zero-order valence-electron chi connectivity index (χ0n) is 11.6. The Morgan fingerprint density at radius 1 is 1.11 bits per heavy atom. The Hall–Kier alpha value is -1.06. The highest BCUT2D eigenvalue weighted by atomic mass is 16.5. The average Bonchev–Trinajstić information content (AvgIpc) is 2.43. The van der Waals surface area contributed by atoms with Crippen LogP contribution in [0.3, 0.4) is 0 Å². The van der Waals surface area contributed by atoms with Gasteiger partial charge in [0.1, 0.15) is 0 Å². The number of rotatable bonds is 5. The summed E-state index contributed by atoms with van der Waals surface area (Å²) in [4.78, 5) is 2.40. The summed E-state index contributed by atoms with van der Waals surface area (Å²) in [6.45, 7) is 5.92. The fourth-order valence-electron chi connectivity index (χ4n) is 2.76. The number of benzene rings is 1. The SMILES string of the molecule is c1cc(N2CCOCC2)ccc1CNCC1CCC1. The monoisotopic (exact) mass is 260 g/mol. The number of nitrogens with one attached hydrogen (secondary N) is 1. The Morgan fingerprint density at radius 2 is 1.84 bits per heavy atom. The predicted octanol–water partition coefficient (Wildman–Crippen LogP) is 2.41. The summed E-state index contributed by atoms with van der Waals surface area (Å²) in [6.07, 6.45) is 4.27. The van der Waals surface area contributed by atoms with Crippen LogP contribution in [0.2, 0.25) is 0 Å². The molecule has 1 aromatic rings. The molecule has 0 bridgehead atoms. The van der Waals surface area contributed by atoms with Crippen LogP contribution in [0.15, 0.2) is 24.3 Å². The Labute approximate surface area is 115 Å². The van der Waals surface area contributed by atoms with Crippen molar-refractivity contribution in [2.24, 2.45) is 5.92 Å². The van der Waals surface area contributed by atoms with Crippen molar-refractivity contribution in [2.75, 3.05) is 37.7 Å². The molecule has 0 spiro atoms. The van der Waals surface area contributed by atoms with Crippen molar-refractivity contribution < 1.29 is 4.74 Å². The van der Waals surface area contributed by atoms with Crippen LogP contribution in [0.5, 0.6) is 0 Å². The van der Waals surface area contributed by atoms with Crippen LogP contribution in [-0.2, 0) is 11.3 Å². The fourth-order valence-corrected chi connectivity index (χ4v) is 2.76. The molecular weight excluding hydrogens is 236 g/mol. The normalized spacial score (nSPS) is 20.3. The van der Waals surface area contributed by atoms with Crippen LogP contribution in [0.4, 0.5) is 5.69 Å². The minimum absolute atomic E-state index is 0.852. The zero-order chi connectivity index (χ0) is 12.9. The number of hydrogen-bond acceptors (Lipinski definition) is 3. The maximum absolute atomic E-state index is 5.38. The van der Waals surface area contributed by atoms with E-state index in [9.17, 15) is 0 Å². The lowest BCUT2D eigenvalue weighted by atomic mass is 9.85. The van der Waals surface area contributed by atoms with Gasteiger partial charge in [0.05, 0.1) is 13.2 Å². The minimum Gasteiger partial charge on any atom is -0.378 e. The third kappa shape index (κ3) is 3.48. The van der Waals surface area contributed by atoms with Gasteiger partial charge in [-0.05, 0) is 43.0 Å². The second-order valence-corrected chi connectivity index (χ2v) is 5.69. The maximum atomic E-state index is 5.38. The van der Waals surface area contributed by atoms with Gasteiger partial charge in [0.15, 0.2) is 0 Å². The van der Waals surface area contributed by atoms with Gasteiger partial charge in [-0.2, -0.15) is 0 Å². The lowest BCUT2D eigenvalue weighted by molar-refractivity contribution is 0.122. The lowest BCUT2D eigenvalue weighted by Crippen LogP contribution is -2.36. The molecular formula is C16H24N2O. The summed E-state index contributed by atoms with van der Waals surface area (Å²) >= 11 is 0. The highest BCUT2D eigenvalue weighted by Gasteiger charge is 2.16.